The number of rotatable bonds is 9. The van der Waals surface area contributed by atoms with Gasteiger partial charge >= 0.3 is 5.97 Å². The Hall–Kier alpha value is -1.73. The van der Waals surface area contributed by atoms with Crippen LogP contribution in [0.5, 0.6) is 5.75 Å². The summed E-state index contributed by atoms with van der Waals surface area (Å²) in [4.78, 5) is 24.4. The van der Waals surface area contributed by atoms with Gasteiger partial charge in [-0.05, 0) is 62.5 Å². The first-order chi connectivity index (χ1) is 16.1. The third kappa shape index (κ3) is 6.28. The maximum atomic E-state index is 13.6. The molecule has 1 aromatic rings. The minimum Gasteiger partial charge on any atom is -0.611 e. The molecular formula is C27H42N2O4S. The van der Waals surface area contributed by atoms with Crippen LogP contribution in [0.4, 0.5) is 5.69 Å². The standard InChI is InChI=1S/C27H42N2O4S/c1-7-8-9-10-16(2)18(4)34(32)22-14-25-27(26(15-22)33-20(6)31)24-13-21(29-19(5)30)11-12-23(24)17(3)28-25/h14-18,21,23-24,28H,7-13H2,1-6H3,(H,29,30). The number of benzene rings is 1. The van der Waals surface area contributed by atoms with Crippen molar-refractivity contribution < 1.29 is 18.9 Å². The summed E-state index contributed by atoms with van der Waals surface area (Å²) in [6, 6.07) is 4.18. The SMILES string of the molecule is CCCCCC(C)C(C)[S+]([O-])c1cc2c(c(OC(C)=O)c1)C1CC(NC(C)=O)CCC1C(C)N2. The number of hydrogen-bond acceptors (Lipinski definition) is 5. The van der Waals surface area contributed by atoms with Gasteiger partial charge in [0.25, 0.3) is 0 Å². The zero-order valence-electron chi connectivity index (χ0n) is 21.6. The second-order valence-electron chi connectivity index (χ2n) is 10.4. The van der Waals surface area contributed by atoms with Crippen molar-refractivity contribution in [2.75, 3.05) is 5.32 Å². The number of hydrogen-bond donors (Lipinski definition) is 2. The molecular weight excluding hydrogens is 448 g/mol. The predicted octanol–water partition coefficient (Wildman–Crippen LogP) is 5.53. The van der Waals surface area contributed by atoms with E-state index in [0.717, 1.165) is 43.4 Å². The van der Waals surface area contributed by atoms with Gasteiger partial charge in [-0.3, -0.25) is 9.59 Å². The largest absolute Gasteiger partial charge is 0.611 e. The Morgan fingerprint density at radius 2 is 1.97 bits per heavy atom. The van der Waals surface area contributed by atoms with Crippen LogP contribution in [0.2, 0.25) is 0 Å². The van der Waals surface area contributed by atoms with Crippen molar-refractivity contribution >= 4 is 28.7 Å². The number of ether oxygens (including phenoxy) is 1. The third-order valence-electron chi connectivity index (χ3n) is 7.71. The highest BCUT2D eigenvalue weighted by molar-refractivity contribution is 7.92. The van der Waals surface area contributed by atoms with E-state index in [4.69, 9.17) is 4.74 Å². The summed E-state index contributed by atoms with van der Waals surface area (Å²) in [6.07, 6.45) is 7.33. The van der Waals surface area contributed by atoms with Gasteiger partial charge in [0.2, 0.25) is 5.91 Å². The van der Waals surface area contributed by atoms with Gasteiger partial charge in [-0.2, -0.15) is 0 Å². The molecule has 0 radical (unpaired) electrons. The van der Waals surface area contributed by atoms with Crippen molar-refractivity contribution in [3.05, 3.63) is 17.7 Å². The van der Waals surface area contributed by atoms with Crippen LogP contribution in [-0.2, 0) is 20.8 Å². The lowest BCUT2D eigenvalue weighted by atomic mass is 9.68. The molecule has 0 saturated heterocycles. The van der Waals surface area contributed by atoms with Gasteiger partial charge in [0.1, 0.15) is 11.0 Å². The van der Waals surface area contributed by atoms with E-state index in [0.29, 0.717) is 22.5 Å². The maximum absolute atomic E-state index is 13.6. The van der Waals surface area contributed by atoms with E-state index in [9.17, 15) is 14.1 Å². The fraction of sp³-hybridized carbons (Fsp3) is 0.704. The number of anilines is 1. The van der Waals surface area contributed by atoms with Crippen molar-refractivity contribution in [2.24, 2.45) is 11.8 Å². The molecule has 1 aliphatic heterocycles. The summed E-state index contributed by atoms with van der Waals surface area (Å²) < 4.78 is 19.3. The van der Waals surface area contributed by atoms with Crippen molar-refractivity contribution in [2.45, 2.75) is 115 Å². The van der Waals surface area contributed by atoms with Crippen LogP contribution in [-0.4, -0.2) is 33.8 Å². The topological polar surface area (TPSA) is 90.5 Å². The van der Waals surface area contributed by atoms with Crippen molar-refractivity contribution in [1.29, 1.82) is 0 Å². The van der Waals surface area contributed by atoms with Crippen LogP contribution >= 0.6 is 0 Å². The van der Waals surface area contributed by atoms with Crippen LogP contribution in [0.15, 0.2) is 17.0 Å². The minimum atomic E-state index is -1.21. The molecule has 1 saturated carbocycles. The fourth-order valence-corrected chi connectivity index (χ4v) is 7.18. The lowest BCUT2D eigenvalue weighted by Crippen LogP contribution is -2.45. The third-order valence-corrected chi connectivity index (χ3v) is 9.55. The molecule has 1 aliphatic carbocycles. The second-order valence-corrected chi connectivity index (χ2v) is 12.2. The molecule has 6 nitrogen and oxygen atoms in total. The molecule has 7 heteroatoms. The van der Waals surface area contributed by atoms with Crippen molar-refractivity contribution in [3.63, 3.8) is 0 Å². The van der Waals surface area contributed by atoms with Gasteiger partial charge in [-0.25, -0.2) is 0 Å². The molecule has 3 rings (SSSR count). The Morgan fingerprint density at radius 3 is 2.62 bits per heavy atom. The van der Waals surface area contributed by atoms with E-state index in [1.807, 2.05) is 12.1 Å². The first-order valence-electron chi connectivity index (χ1n) is 12.9. The Bertz CT molecular complexity index is 876. The van der Waals surface area contributed by atoms with E-state index in [1.165, 1.54) is 19.8 Å². The molecule has 0 aromatic heterocycles. The molecule has 2 N–H and O–H groups in total. The van der Waals surface area contributed by atoms with E-state index in [-0.39, 0.29) is 35.1 Å². The molecule has 1 fully saturated rings. The van der Waals surface area contributed by atoms with Gasteiger partial charge < -0.3 is 19.9 Å². The van der Waals surface area contributed by atoms with Crippen LogP contribution in [0.1, 0.15) is 98.0 Å². The van der Waals surface area contributed by atoms with Crippen LogP contribution in [0, 0.1) is 11.8 Å². The average Bonchev–Trinajstić information content (AvgIpc) is 2.76. The highest BCUT2D eigenvalue weighted by Gasteiger charge is 2.42. The number of amides is 1. The molecule has 1 heterocycles. The smallest absolute Gasteiger partial charge is 0.308 e. The molecule has 2 aliphatic rings. The zero-order valence-corrected chi connectivity index (χ0v) is 22.4. The Labute approximate surface area is 208 Å². The number of nitrogens with one attached hydrogen (secondary N) is 2. The van der Waals surface area contributed by atoms with Crippen LogP contribution in [0.3, 0.4) is 0 Å². The lowest BCUT2D eigenvalue weighted by molar-refractivity contribution is -0.132. The van der Waals surface area contributed by atoms with E-state index < -0.39 is 11.2 Å². The monoisotopic (exact) mass is 490 g/mol. The Balaban J connectivity index is 1.94. The van der Waals surface area contributed by atoms with E-state index in [1.54, 1.807) is 6.92 Å². The number of esters is 1. The first kappa shape index (κ1) is 26.9. The quantitative estimate of drug-likeness (QED) is 0.206. The molecule has 0 bridgehead atoms. The number of fused-ring (bicyclic) bond motifs is 3. The van der Waals surface area contributed by atoms with Gasteiger partial charge in [0, 0.05) is 55.2 Å². The number of carbonyl (C=O) groups excluding carboxylic acids is 2. The molecule has 1 amide bonds. The minimum absolute atomic E-state index is 0.00711. The number of unbranched alkanes of at least 4 members (excludes halogenated alkanes) is 2. The van der Waals surface area contributed by atoms with Crippen LogP contribution in [0.25, 0.3) is 0 Å². The number of carbonyl (C=O) groups is 2. The highest BCUT2D eigenvalue weighted by atomic mass is 32.2. The fourth-order valence-electron chi connectivity index (χ4n) is 5.73. The predicted molar refractivity (Wildman–Crippen MR) is 138 cm³/mol. The molecule has 190 valence electrons. The van der Waals surface area contributed by atoms with Gasteiger partial charge in [-0.1, -0.05) is 33.1 Å². The summed E-state index contributed by atoms with van der Waals surface area (Å²) in [5, 5.41) is 6.71. The summed E-state index contributed by atoms with van der Waals surface area (Å²) in [7, 11) is 0. The van der Waals surface area contributed by atoms with Gasteiger partial charge in [0.15, 0.2) is 4.90 Å². The summed E-state index contributed by atoms with van der Waals surface area (Å²) in [6.45, 7) is 11.6. The average molecular weight is 491 g/mol. The normalized spacial score (nSPS) is 26.3. The summed E-state index contributed by atoms with van der Waals surface area (Å²) >= 11 is -1.21. The van der Waals surface area contributed by atoms with Crippen molar-refractivity contribution in [1.82, 2.24) is 5.32 Å². The van der Waals surface area contributed by atoms with Gasteiger partial charge in [0.05, 0.1) is 0 Å². The van der Waals surface area contributed by atoms with E-state index in [2.05, 4.69) is 38.3 Å². The molecule has 34 heavy (non-hydrogen) atoms. The first-order valence-corrected chi connectivity index (χ1v) is 14.1. The molecule has 1 aromatic carbocycles. The molecule has 7 unspecified atom stereocenters. The highest BCUT2D eigenvalue weighted by Crippen LogP contribution is 2.51. The Kier molecular flexibility index (Phi) is 9.33. The molecule has 0 spiro atoms. The molecule has 7 atom stereocenters. The summed E-state index contributed by atoms with van der Waals surface area (Å²) in [5.41, 5.74) is 1.89. The van der Waals surface area contributed by atoms with Crippen LogP contribution < -0.4 is 15.4 Å². The van der Waals surface area contributed by atoms with E-state index >= 15 is 0 Å². The van der Waals surface area contributed by atoms with Gasteiger partial charge in [-0.15, -0.1) is 0 Å². The van der Waals surface area contributed by atoms with Crippen molar-refractivity contribution in [3.8, 4) is 5.75 Å². The second kappa shape index (κ2) is 11.8. The zero-order chi connectivity index (χ0) is 25.0. The maximum Gasteiger partial charge on any atom is 0.308 e. The Morgan fingerprint density at radius 1 is 1.24 bits per heavy atom. The summed E-state index contributed by atoms with van der Waals surface area (Å²) in [5.74, 6) is 1.01. The lowest BCUT2D eigenvalue weighted by Gasteiger charge is -2.45.